The van der Waals surface area contributed by atoms with Crippen molar-refractivity contribution < 1.29 is 5.11 Å². The van der Waals surface area contributed by atoms with E-state index in [1.165, 1.54) is 32.1 Å². The summed E-state index contributed by atoms with van der Waals surface area (Å²) in [5, 5.41) is 12.8. The average Bonchev–Trinajstić information content (AvgIpc) is 2.41. The monoisotopic (exact) mass is 198 g/mol. The molecule has 2 aliphatic heterocycles. The quantitative estimate of drug-likeness (QED) is 0.694. The van der Waals surface area contributed by atoms with Crippen molar-refractivity contribution in [1.82, 2.24) is 10.2 Å². The zero-order chi connectivity index (χ0) is 9.97. The summed E-state index contributed by atoms with van der Waals surface area (Å²) >= 11 is 0. The van der Waals surface area contributed by atoms with Gasteiger partial charge in [-0.2, -0.15) is 0 Å². The largest absolute Gasteiger partial charge is 0.390 e. The summed E-state index contributed by atoms with van der Waals surface area (Å²) in [6.07, 6.45) is 6.62. The molecule has 0 saturated carbocycles. The molecule has 3 nitrogen and oxygen atoms in total. The average molecular weight is 198 g/mol. The lowest BCUT2D eigenvalue weighted by atomic mass is 10.0. The number of hydrogen-bond acceptors (Lipinski definition) is 3. The van der Waals surface area contributed by atoms with E-state index in [9.17, 15) is 5.11 Å². The fraction of sp³-hybridized carbons (Fsp3) is 1.00. The van der Waals surface area contributed by atoms with Crippen molar-refractivity contribution in [2.75, 3.05) is 20.1 Å². The lowest BCUT2D eigenvalue weighted by Crippen LogP contribution is -2.46. The smallest absolute Gasteiger partial charge is 0.0791 e. The molecule has 14 heavy (non-hydrogen) atoms. The third-order valence-corrected chi connectivity index (χ3v) is 3.71. The van der Waals surface area contributed by atoms with Gasteiger partial charge in [0.15, 0.2) is 0 Å². The van der Waals surface area contributed by atoms with Gasteiger partial charge in [-0.25, -0.2) is 0 Å². The third-order valence-electron chi connectivity index (χ3n) is 3.71. The van der Waals surface area contributed by atoms with Crippen LogP contribution in [0.2, 0.25) is 0 Å². The molecule has 0 aliphatic carbocycles. The summed E-state index contributed by atoms with van der Waals surface area (Å²) < 4.78 is 0. The van der Waals surface area contributed by atoms with Crippen LogP contribution in [0.5, 0.6) is 0 Å². The molecule has 82 valence electrons. The second kappa shape index (κ2) is 4.60. The van der Waals surface area contributed by atoms with Crippen LogP contribution in [0.1, 0.15) is 32.1 Å². The van der Waals surface area contributed by atoms with Gasteiger partial charge in [-0.1, -0.05) is 6.42 Å². The van der Waals surface area contributed by atoms with E-state index in [-0.39, 0.29) is 6.10 Å². The van der Waals surface area contributed by atoms with E-state index in [1.807, 2.05) is 7.05 Å². The van der Waals surface area contributed by atoms with Crippen LogP contribution in [0.4, 0.5) is 0 Å². The summed E-state index contributed by atoms with van der Waals surface area (Å²) in [4.78, 5) is 2.55. The van der Waals surface area contributed by atoms with Gasteiger partial charge in [-0.15, -0.1) is 0 Å². The molecule has 2 fully saturated rings. The third kappa shape index (κ3) is 2.10. The molecule has 0 aromatic carbocycles. The van der Waals surface area contributed by atoms with Crippen molar-refractivity contribution in [3.05, 3.63) is 0 Å². The van der Waals surface area contributed by atoms with Crippen molar-refractivity contribution in [3.8, 4) is 0 Å². The number of aliphatic hydroxyl groups excluding tert-OH is 1. The fourth-order valence-electron chi connectivity index (χ4n) is 3.07. The number of fused-ring (bicyclic) bond motifs is 2. The molecule has 3 atom stereocenters. The Morgan fingerprint density at radius 1 is 1.29 bits per heavy atom. The molecule has 2 rings (SSSR count). The predicted molar refractivity (Wildman–Crippen MR) is 57.3 cm³/mol. The van der Waals surface area contributed by atoms with E-state index in [1.54, 1.807) is 0 Å². The Bertz CT molecular complexity index is 170. The SMILES string of the molecule is CNCC(O)CN1[C@@H]2CCC[C@H]1CC2. The van der Waals surface area contributed by atoms with Gasteiger partial charge < -0.3 is 10.4 Å². The molecule has 0 aromatic heterocycles. The predicted octanol–water partition coefficient (Wildman–Crippen LogP) is 0.584. The van der Waals surface area contributed by atoms with Crippen LogP contribution in [0, 0.1) is 0 Å². The van der Waals surface area contributed by atoms with Gasteiger partial charge in [-0.3, -0.25) is 4.90 Å². The first-order chi connectivity index (χ1) is 6.81. The lowest BCUT2D eigenvalue weighted by Gasteiger charge is -2.35. The Balaban J connectivity index is 1.85. The van der Waals surface area contributed by atoms with Crippen molar-refractivity contribution in [1.29, 1.82) is 0 Å². The summed E-state index contributed by atoms with van der Waals surface area (Å²) in [6.45, 7) is 1.59. The Morgan fingerprint density at radius 2 is 1.93 bits per heavy atom. The summed E-state index contributed by atoms with van der Waals surface area (Å²) in [7, 11) is 1.90. The van der Waals surface area contributed by atoms with Gasteiger partial charge in [0.05, 0.1) is 6.10 Å². The first-order valence-corrected chi connectivity index (χ1v) is 5.89. The molecule has 0 aromatic rings. The molecule has 2 N–H and O–H groups in total. The first kappa shape index (κ1) is 10.4. The van der Waals surface area contributed by atoms with Gasteiger partial charge in [0.1, 0.15) is 0 Å². The van der Waals surface area contributed by atoms with E-state index < -0.39 is 0 Å². The minimum absolute atomic E-state index is 0.193. The molecule has 3 heteroatoms. The van der Waals surface area contributed by atoms with Crippen molar-refractivity contribution >= 4 is 0 Å². The topological polar surface area (TPSA) is 35.5 Å². The highest BCUT2D eigenvalue weighted by molar-refractivity contribution is 4.92. The summed E-state index contributed by atoms with van der Waals surface area (Å²) in [5.74, 6) is 0. The van der Waals surface area contributed by atoms with Crippen molar-refractivity contribution in [2.45, 2.75) is 50.3 Å². The second-order valence-electron chi connectivity index (χ2n) is 4.72. The zero-order valence-electron chi connectivity index (χ0n) is 9.08. The molecule has 2 aliphatic rings. The van der Waals surface area contributed by atoms with Crippen molar-refractivity contribution in [3.63, 3.8) is 0 Å². The van der Waals surface area contributed by atoms with E-state index in [0.29, 0.717) is 0 Å². The van der Waals surface area contributed by atoms with Crippen LogP contribution < -0.4 is 5.32 Å². The fourth-order valence-corrected chi connectivity index (χ4v) is 3.07. The minimum atomic E-state index is -0.193. The van der Waals surface area contributed by atoms with Gasteiger partial charge in [0.2, 0.25) is 0 Å². The first-order valence-electron chi connectivity index (χ1n) is 5.89. The Hall–Kier alpha value is -0.120. The maximum atomic E-state index is 9.76. The highest BCUT2D eigenvalue weighted by Crippen LogP contribution is 2.35. The molecule has 0 radical (unpaired) electrons. The van der Waals surface area contributed by atoms with Gasteiger partial charge >= 0.3 is 0 Å². The number of hydrogen-bond donors (Lipinski definition) is 2. The molecule has 2 heterocycles. The number of nitrogens with zero attached hydrogens (tertiary/aromatic N) is 1. The molecule has 2 bridgehead atoms. The van der Waals surface area contributed by atoms with Gasteiger partial charge in [0, 0.05) is 25.2 Å². The van der Waals surface area contributed by atoms with Crippen LogP contribution >= 0.6 is 0 Å². The number of nitrogens with one attached hydrogen (secondary N) is 1. The standard InChI is InChI=1S/C11H22N2O/c1-12-7-11(14)8-13-9-3-2-4-10(13)6-5-9/h9-12,14H,2-8H2,1H3/t9-,10+,11?. The van der Waals surface area contributed by atoms with E-state index in [0.717, 1.165) is 25.2 Å². The zero-order valence-corrected chi connectivity index (χ0v) is 9.08. The van der Waals surface area contributed by atoms with Crippen LogP contribution in [0.25, 0.3) is 0 Å². The van der Waals surface area contributed by atoms with E-state index in [2.05, 4.69) is 10.2 Å². The number of rotatable bonds is 4. The molecular weight excluding hydrogens is 176 g/mol. The van der Waals surface area contributed by atoms with Crippen molar-refractivity contribution in [2.24, 2.45) is 0 Å². The molecule has 0 amide bonds. The minimum Gasteiger partial charge on any atom is -0.390 e. The second-order valence-corrected chi connectivity index (χ2v) is 4.72. The molecule has 0 spiro atoms. The number of likely N-dealkylation sites (N-methyl/N-ethyl adjacent to an activating group) is 1. The highest BCUT2D eigenvalue weighted by Gasteiger charge is 2.36. The van der Waals surface area contributed by atoms with E-state index in [4.69, 9.17) is 0 Å². The van der Waals surface area contributed by atoms with Crippen LogP contribution in [0.3, 0.4) is 0 Å². The Morgan fingerprint density at radius 3 is 2.50 bits per heavy atom. The maximum absolute atomic E-state index is 9.76. The number of piperidine rings is 1. The van der Waals surface area contributed by atoms with Gasteiger partial charge in [0.25, 0.3) is 0 Å². The maximum Gasteiger partial charge on any atom is 0.0791 e. The van der Waals surface area contributed by atoms with Crippen LogP contribution in [0.15, 0.2) is 0 Å². The molecular formula is C11H22N2O. The Labute approximate surface area is 86.5 Å². The molecule has 2 saturated heterocycles. The number of aliphatic hydroxyl groups is 1. The highest BCUT2D eigenvalue weighted by atomic mass is 16.3. The normalized spacial score (nSPS) is 34.7. The lowest BCUT2D eigenvalue weighted by molar-refractivity contribution is 0.0632. The van der Waals surface area contributed by atoms with Crippen LogP contribution in [-0.4, -0.2) is 48.3 Å². The summed E-state index contributed by atoms with van der Waals surface area (Å²) in [5.41, 5.74) is 0. The summed E-state index contributed by atoms with van der Waals surface area (Å²) in [6, 6.07) is 1.56. The Kier molecular flexibility index (Phi) is 3.42. The van der Waals surface area contributed by atoms with E-state index >= 15 is 0 Å². The van der Waals surface area contributed by atoms with Gasteiger partial charge in [-0.05, 0) is 32.7 Å². The molecule has 1 unspecified atom stereocenters. The van der Waals surface area contributed by atoms with Crippen LogP contribution in [-0.2, 0) is 0 Å².